The maximum Gasteiger partial charge on any atom is 0.334 e. The Kier molecular flexibility index (Phi) is 5.03. The molecule has 0 saturated carbocycles. The van der Waals surface area contributed by atoms with Gasteiger partial charge in [0.25, 0.3) is 0 Å². The molecule has 0 spiro atoms. The molecule has 0 aliphatic heterocycles. The van der Waals surface area contributed by atoms with Crippen LogP contribution in [0.2, 0.25) is 0 Å². The van der Waals surface area contributed by atoms with Crippen molar-refractivity contribution in [3.8, 4) is 0 Å². The van der Waals surface area contributed by atoms with Crippen molar-refractivity contribution in [3.63, 3.8) is 0 Å². The van der Waals surface area contributed by atoms with Crippen LogP contribution in [-0.2, 0) is 16.6 Å². The van der Waals surface area contributed by atoms with E-state index >= 15 is 0 Å². The number of rotatable bonds is 6. The van der Waals surface area contributed by atoms with Crippen molar-refractivity contribution in [3.05, 3.63) is 15.8 Å². The van der Waals surface area contributed by atoms with Gasteiger partial charge in [-0.05, 0) is 0 Å². The van der Waals surface area contributed by atoms with Gasteiger partial charge in [-0.2, -0.15) is 5.10 Å². The molecule has 1 atom stereocenters. The molecule has 0 radical (unpaired) electrons. The van der Waals surface area contributed by atoms with Gasteiger partial charge < -0.3 is 15.2 Å². The van der Waals surface area contributed by atoms with Crippen LogP contribution in [-0.4, -0.2) is 45.5 Å². The van der Waals surface area contributed by atoms with Crippen LogP contribution in [0.1, 0.15) is 25.5 Å². The predicted molar refractivity (Wildman–Crippen MR) is 70.5 cm³/mol. The lowest BCUT2D eigenvalue weighted by Gasteiger charge is -2.14. The lowest BCUT2D eigenvalue weighted by Crippen LogP contribution is -2.35. The quantitative estimate of drug-likeness (QED) is 0.441. The molecular formula is C11H18N4O5. The fourth-order valence-corrected chi connectivity index (χ4v) is 1.75. The normalized spacial score (nSPS) is 12.3. The van der Waals surface area contributed by atoms with Crippen molar-refractivity contribution in [2.24, 2.45) is 7.05 Å². The van der Waals surface area contributed by atoms with E-state index in [2.05, 4.69) is 15.2 Å². The van der Waals surface area contributed by atoms with Crippen LogP contribution in [0, 0.1) is 10.1 Å². The van der Waals surface area contributed by atoms with Crippen LogP contribution in [0.3, 0.4) is 0 Å². The Morgan fingerprint density at radius 1 is 1.60 bits per heavy atom. The zero-order valence-electron chi connectivity index (χ0n) is 11.8. The molecule has 2 N–H and O–H groups in total. The second-order valence-corrected chi connectivity index (χ2v) is 4.52. The van der Waals surface area contributed by atoms with Crippen molar-refractivity contribution in [1.29, 1.82) is 0 Å². The summed E-state index contributed by atoms with van der Waals surface area (Å²) in [7, 11) is 2.69. The number of carbonyl (C=O) groups excluding carboxylic acids is 1. The summed E-state index contributed by atoms with van der Waals surface area (Å²) < 4.78 is 5.79. The van der Waals surface area contributed by atoms with E-state index in [0.29, 0.717) is 5.69 Å². The second-order valence-electron chi connectivity index (χ2n) is 4.52. The monoisotopic (exact) mass is 286 g/mol. The molecule has 112 valence electrons. The molecule has 1 heterocycles. The number of carbonyl (C=O) groups is 1. The third-order valence-electron chi connectivity index (χ3n) is 2.76. The maximum atomic E-state index is 11.4. The van der Waals surface area contributed by atoms with Gasteiger partial charge in [0.15, 0.2) is 0 Å². The number of nitrogens with zero attached hydrogens (tertiary/aromatic N) is 3. The van der Waals surface area contributed by atoms with Gasteiger partial charge in [-0.15, -0.1) is 0 Å². The Labute approximate surface area is 115 Å². The molecule has 1 aromatic rings. The highest BCUT2D eigenvalue weighted by atomic mass is 16.6. The summed E-state index contributed by atoms with van der Waals surface area (Å²) in [4.78, 5) is 22.1. The number of esters is 1. The van der Waals surface area contributed by atoms with Crippen molar-refractivity contribution in [2.45, 2.75) is 25.8 Å². The summed E-state index contributed by atoms with van der Waals surface area (Å²) >= 11 is 0. The number of ether oxygens (including phenoxy) is 1. The second kappa shape index (κ2) is 6.33. The van der Waals surface area contributed by atoms with E-state index in [1.807, 2.05) is 0 Å². The largest absolute Gasteiger partial charge is 0.467 e. The van der Waals surface area contributed by atoms with Crippen molar-refractivity contribution < 1.29 is 19.6 Å². The topological polar surface area (TPSA) is 120 Å². The molecule has 1 aromatic heterocycles. The molecule has 9 heteroatoms. The highest BCUT2D eigenvalue weighted by molar-refractivity contribution is 5.80. The number of anilines is 1. The minimum absolute atomic E-state index is 0.0585. The molecule has 9 nitrogen and oxygen atoms in total. The Hall–Kier alpha value is -2.16. The molecule has 20 heavy (non-hydrogen) atoms. The predicted octanol–water partition coefficient (Wildman–Crippen LogP) is 0.397. The van der Waals surface area contributed by atoms with E-state index < -0.39 is 23.5 Å². The molecule has 0 amide bonds. The van der Waals surface area contributed by atoms with E-state index in [0.717, 1.165) is 0 Å². The minimum Gasteiger partial charge on any atom is -0.467 e. The number of hydrogen-bond donors (Lipinski definition) is 2. The summed E-state index contributed by atoms with van der Waals surface area (Å²) in [5.41, 5.74) is 0.103. The summed E-state index contributed by atoms with van der Waals surface area (Å²) in [6.07, 6.45) is 0. The Bertz CT molecular complexity index is 511. The average Bonchev–Trinajstić information content (AvgIpc) is 2.72. The lowest BCUT2D eigenvalue weighted by molar-refractivity contribution is -0.384. The van der Waals surface area contributed by atoms with E-state index in [1.54, 1.807) is 13.8 Å². The molecular weight excluding hydrogens is 268 g/mol. The molecule has 0 fully saturated rings. The molecule has 0 aliphatic carbocycles. The molecule has 0 aliphatic rings. The SMILES string of the molecule is COC(=O)C(CO)Nc1c([N+](=O)[O-])c(C(C)C)nn1C. The average molecular weight is 286 g/mol. The van der Waals surface area contributed by atoms with Gasteiger partial charge in [0.05, 0.1) is 18.6 Å². The number of methoxy groups -OCH3 is 1. The van der Waals surface area contributed by atoms with Gasteiger partial charge >= 0.3 is 11.7 Å². The van der Waals surface area contributed by atoms with Gasteiger partial charge in [0.1, 0.15) is 11.7 Å². The smallest absolute Gasteiger partial charge is 0.334 e. The van der Waals surface area contributed by atoms with Gasteiger partial charge in [-0.3, -0.25) is 10.1 Å². The molecule has 0 aromatic carbocycles. The summed E-state index contributed by atoms with van der Waals surface area (Å²) in [5.74, 6) is -0.805. The third-order valence-corrected chi connectivity index (χ3v) is 2.76. The Morgan fingerprint density at radius 3 is 2.60 bits per heavy atom. The molecule has 1 rings (SSSR count). The molecule has 0 saturated heterocycles. The summed E-state index contributed by atoms with van der Waals surface area (Å²) in [6.45, 7) is 3.01. The number of aliphatic hydroxyl groups is 1. The fourth-order valence-electron chi connectivity index (χ4n) is 1.75. The van der Waals surface area contributed by atoms with Crippen LogP contribution in [0.5, 0.6) is 0 Å². The van der Waals surface area contributed by atoms with Crippen molar-refractivity contribution in [1.82, 2.24) is 9.78 Å². The number of hydrogen-bond acceptors (Lipinski definition) is 7. The van der Waals surface area contributed by atoms with Gasteiger partial charge in [-0.1, -0.05) is 13.8 Å². The Balaban J connectivity index is 3.23. The van der Waals surface area contributed by atoms with E-state index in [9.17, 15) is 14.9 Å². The zero-order chi connectivity index (χ0) is 15.4. The summed E-state index contributed by atoms with van der Waals surface area (Å²) in [5, 5.41) is 27.1. The first kappa shape index (κ1) is 15.9. The standard InChI is InChI=1S/C11H18N4O5/c1-6(2)8-9(15(18)19)10(14(3)13-8)12-7(5-16)11(17)20-4/h6-7,12,16H,5H2,1-4H3. The first-order valence-electron chi connectivity index (χ1n) is 5.99. The lowest BCUT2D eigenvalue weighted by atomic mass is 10.1. The number of aryl methyl sites for hydroxylation is 1. The van der Waals surface area contributed by atoms with E-state index in [4.69, 9.17) is 5.11 Å². The number of nitrogens with one attached hydrogen (secondary N) is 1. The minimum atomic E-state index is -1.09. The third kappa shape index (κ3) is 3.05. The first-order chi connectivity index (χ1) is 9.33. The number of aromatic nitrogens is 2. The molecule has 0 bridgehead atoms. The summed E-state index contributed by atoms with van der Waals surface area (Å²) in [6, 6.07) is -1.09. The van der Waals surface area contributed by atoms with Crippen molar-refractivity contribution >= 4 is 17.5 Å². The Morgan fingerprint density at radius 2 is 2.20 bits per heavy atom. The van der Waals surface area contributed by atoms with Crippen molar-refractivity contribution in [2.75, 3.05) is 19.0 Å². The van der Waals surface area contributed by atoms with E-state index in [1.165, 1.54) is 18.8 Å². The van der Waals surface area contributed by atoms with Gasteiger partial charge in [-0.25, -0.2) is 9.48 Å². The van der Waals surface area contributed by atoms with E-state index in [-0.39, 0.29) is 17.4 Å². The van der Waals surface area contributed by atoms with Crippen LogP contribution in [0.4, 0.5) is 11.5 Å². The van der Waals surface area contributed by atoms with Gasteiger partial charge in [0, 0.05) is 13.0 Å². The number of aliphatic hydroxyl groups excluding tert-OH is 1. The fraction of sp³-hybridized carbons (Fsp3) is 0.636. The highest BCUT2D eigenvalue weighted by Crippen LogP contribution is 2.33. The van der Waals surface area contributed by atoms with Crippen LogP contribution < -0.4 is 5.32 Å². The van der Waals surface area contributed by atoms with Crippen LogP contribution >= 0.6 is 0 Å². The van der Waals surface area contributed by atoms with Gasteiger partial charge in [0.2, 0.25) is 5.82 Å². The van der Waals surface area contributed by atoms with Crippen LogP contribution in [0.25, 0.3) is 0 Å². The zero-order valence-corrected chi connectivity index (χ0v) is 11.8. The maximum absolute atomic E-state index is 11.4. The van der Waals surface area contributed by atoms with Crippen LogP contribution in [0.15, 0.2) is 0 Å². The number of nitro groups is 1. The highest BCUT2D eigenvalue weighted by Gasteiger charge is 2.31. The first-order valence-corrected chi connectivity index (χ1v) is 5.99. The molecule has 1 unspecified atom stereocenters.